The smallest absolute Gasteiger partial charge is 0.225 e. The molecule has 0 saturated heterocycles. The SMILES string of the molecule is CCCCNc1nc(NC(C)CCNc2nc(N)nc(C)c2CCCn2cccn2)nc(C)c1CCCn1cncn1. The van der Waals surface area contributed by atoms with Crippen LogP contribution in [0.2, 0.25) is 0 Å². The largest absolute Gasteiger partial charge is 0.370 e. The number of nitrogens with two attached hydrogens (primary N) is 1. The molecule has 226 valence electrons. The summed E-state index contributed by atoms with van der Waals surface area (Å²) in [4.78, 5) is 22.6. The standard InChI is InChI=1S/C29H45N13/c1-5-6-13-32-27-25(11-8-17-42-20-31-19-35-42)23(4)38-29(40-27)36-21(2)12-15-33-26-24(22(3)37-28(30)39-26)10-7-16-41-18-9-14-34-41/h9,14,18-21H,5-8,10-13,15-17H2,1-4H3,(H3,30,33,37,39)(H2,32,36,38,40). The van der Waals surface area contributed by atoms with Gasteiger partial charge >= 0.3 is 0 Å². The third-order valence-corrected chi connectivity index (χ3v) is 7.17. The Balaban J connectivity index is 1.34. The van der Waals surface area contributed by atoms with Gasteiger partial charge in [-0.15, -0.1) is 0 Å². The number of nitrogen functional groups attached to an aromatic ring is 1. The monoisotopic (exact) mass is 575 g/mol. The van der Waals surface area contributed by atoms with Crippen LogP contribution in [-0.2, 0) is 25.9 Å². The molecule has 0 aliphatic carbocycles. The first-order chi connectivity index (χ1) is 20.4. The van der Waals surface area contributed by atoms with E-state index in [1.165, 1.54) is 0 Å². The third kappa shape index (κ3) is 9.11. The molecule has 0 aliphatic heterocycles. The van der Waals surface area contributed by atoms with Crippen molar-refractivity contribution < 1.29 is 0 Å². The van der Waals surface area contributed by atoms with Gasteiger partial charge in [0.1, 0.15) is 24.3 Å². The second kappa shape index (κ2) is 15.6. The summed E-state index contributed by atoms with van der Waals surface area (Å²) in [7, 11) is 0. The van der Waals surface area contributed by atoms with E-state index in [0.717, 1.165) is 105 Å². The molecule has 0 aromatic carbocycles. The van der Waals surface area contributed by atoms with Gasteiger partial charge in [-0.3, -0.25) is 9.36 Å². The summed E-state index contributed by atoms with van der Waals surface area (Å²) in [6, 6.07) is 2.08. The molecule has 1 unspecified atom stereocenters. The van der Waals surface area contributed by atoms with E-state index >= 15 is 0 Å². The molecule has 0 spiro atoms. The number of anilines is 4. The molecule has 13 nitrogen and oxygen atoms in total. The highest BCUT2D eigenvalue weighted by Crippen LogP contribution is 2.22. The molecule has 5 N–H and O–H groups in total. The van der Waals surface area contributed by atoms with Crippen LogP contribution in [0.5, 0.6) is 0 Å². The van der Waals surface area contributed by atoms with Gasteiger partial charge in [0.2, 0.25) is 11.9 Å². The van der Waals surface area contributed by atoms with Gasteiger partial charge in [-0.25, -0.2) is 15.0 Å². The molecule has 42 heavy (non-hydrogen) atoms. The van der Waals surface area contributed by atoms with E-state index < -0.39 is 0 Å². The lowest BCUT2D eigenvalue weighted by molar-refractivity contribution is 0.576. The molecule has 4 rings (SSSR count). The minimum atomic E-state index is 0.141. The minimum absolute atomic E-state index is 0.141. The van der Waals surface area contributed by atoms with Crippen molar-refractivity contribution in [2.75, 3.05) is 34.8 Å². The summed E-state index contributed by atoms with van der Waals surface area (Å²) in [5, 5.41) is 19.0. The zero-order chi connectivity index (χ0) is 29.7. The van der Waals surface area contributed by atoms with Crippen LogP contribution >= 0.6 is 0 Å². The van der Waals surface area contributed by atoms with Crippen LogP contribution in [0.15, 0.2) is 31.1 Å². The summed E-state index contributed by atoms with van der Waals surface area (Å²) < 4.78 is 3.79. The van der Waals surface area contributed by atoms with Crippen LogP contribution in [0.3, 0.4) is 0 Å². The molecule has 1 atom stereocenters. The highest BCUT2D eigenvalue weighted by Gasteiger charge is 2.15. The van der Waals surface area contributed by atoms with Crippen LogP contribution in [0.1, 0.15) is 68.5 Å². The maximum Gasteiger partial charge on any atom is 0.225 e. The van der Waals surface area contributed by atoms with E-state index in [9.17, 15) is 0 Å². The Labute approximate surface area is 248 Å². The summed E-state index contributed by atoms with van der Waals surface area (Å²) >= 11 is 0. The van der Waals surface area contributed by atoms with Gasteiger partial charge in [-0.2, -0.15) is 20.2 Å². The summed E-state index contributed by atoms with van der Waals surface area (Å²) in [6.07, 6.45) is 13.7. The number of hydrogen-bond donors (Lipinski definition) is 4. The van der Waals surface area contributed by atoms with Crippen molar-refractivity contribution in [3.05, 3.63) is 53.6 Å². The van der Waals surface area contributed by atoms with Crippen LogP contribution in [0, 0.1) is 13.8 Å². The van der Waals surface area contributed by atoms with E-state index in [-0.39, 0.29) is 12.0 Å². The Kier molecular flexibility index (Phi) is 11.4. The van der Waals surface area contributed by atoms with Crippen LogP contribution < -0.4 is 21.7 Å². The molecule has 4 aromatic heterocycles. The Bertz CT molecular complexity index is 1350. The number of nitrogens with zero attached hydrogens (tertiary/aromatic N) is 9. The van der Waals surface area contributed by atoms with E-state index in [4.69, 9.17) is 15.7 Å². The molecule has 0 radical (unpaired) electrons. The van der Waals surface area contributed by atoms with Crippen molar-refractivity contribution in [2.24, 2.45) is 0 Å². The number of aromatic nitrogens is 9. The molecule has 0 bridgehead atoms. The Morgan fingerprint density at radius 3 is 2.26 bits per heavy atom. The molecule has 4 heterocycles. The lowest BCUT2D eigenvalue weighted by Gasteiger charge is -2.19. The van der Waals surface area contributed by atoms with Crippen LogP contribution in [-0.4, -0.2) is 63.6 Å². The van der Waals surface area contributed by atoms with Gasteiger partial charge in [0.25, 0.3) is 0 Å². The minimum Gasteiger partial charge on any atom is -0.370 e. The predicted molar refractivity (Wildman–Crippen MR) is 166 cm³/mol. The molecule has 0 amide bonds. The molecular formula is C29H45N13. The van der Waals surface area contributed by atoms with Gasteiger partial charge in [-0.05, 0) is 65.4 Å². The predicted octanol–water partition coefficient (Wildman–Crippen LogP) is 4.03. The summed E-state index contributed by atoms with van der Waals surface area (Å²) in [5.41, 5.74) is 10.1. The van der Waals surface area contributed by atoms with Crippen LogP contribution in [0.25, 0.3) is 0 Å². The average Bonchev–Trinajstić information content (AvgIpc) is 3.66. The molecular weight excluding hydrogens is 530 g/mol. The lowest BCUT2D eigenvalue weighted by Crippen LogP contribution is -2.22. The number of aryl methyl sites for hydroxylation is 4. The topological polar surface area (TPSA) is 162 Å². The third-order valence-electron chi connectivity index (χ3n) is 7.17. The van der Waals surface area contributed by atoms with E-state index in [0.29, 0.717) is 5.95 Å². The first kappa shape index (κ1) is 30.7. The highest BCUT2D eigenvalue weighted by molar-refractivity contribution is 5.51. The quantitative estimate of drug-likeness (QED) is 0.127. The first-order valence-corrected chi connectivity index (χ1v) is 15.0. The van der Waals surface area contributed by atoms with Crippen molar-refractivity contribution in [2.45, 2.75) is 91.8 Å². The highest BCUT2D eigenvalue weighted by atomic mass is 15.3. The molecule has 0 saturated carbocycles. The summed E-state index contributed by atoms with van der Waals surface area (Å²) in [5.74, 6) is 2.64. The van der Waals surface area contributed by atoms with Gasteiger partial charge in [-0.1, -0.05) is 13.3 Å². The maximum atomic E-state index is 5.99. The molecule has 4 aromatic rings. The number of nitrogens with one attached hydrogen (secondary N) is 3. The van der Waals surface area contributed by atoms with Crippen molar-refractivity contribution in [3.8, 4) is 0 Å². The van der Waals surface area contributed by atoms with Crippen LogP contribution in [0.4, 0.5) is 23.5 Å². The van der Waals surface area contributed by atoms with Crippen molar-refractivity contribution in [1.82, 2.24) is 44.5 Å². The first-order valence-electron chi connectivity index (χ1n) is 15.0. The normalized spacial score (nSPS) is 11.9. The number of hydrogen-bond acceptors (Lipinski definition) is 11. The fourth-order valence-corrected chi connectivity index (χ4v) is 4.87. The number of unbranched alkanes of at least 4 members (excludes halogenated alkanes) is 1. The lowest BCUT2D eigenvalue weighted by atomic mass is 10.1. The maximum absolute atomic E-state index is 5.99. The average molecular weight is 576 g/mol. The summed E-state index contributed by atoms with van der Waals surface area (Å²) in [6.45, 7) is 11.6. The Morgan fingerprint density at radius 2 is 1.57 bits per heavy atom. The second-order valence-electron chi connectivity index (χ2n) is 10.6. The second-order valence-corrected chi connectivity index (χ2v) is 10.6. The molecule has 0 aliphatic rings. The molecule has 13 heteroatoms. The number of rotatable bonds is 18. The van der Waals surface area contributed by atoms with E-state index in [2.05, 4.69) is 61.9 Å². The fourth-order valence-electron chi connectivity index (χ4n) is 4.87. The fraction of sp³-hybridized carbons (Fsp3) is 0.552. The van der Waals surface area contributed by atoms with Gasteiger partial charge in [0, 0.05) is 67.1 Å². The molecule has 0 fully saturated rings. The zero-order valence-electron chi connectivity index (χ0n) is 25.3. The van der Waals surface area contributed by atoms with Gasteiger partial charge in [0.05, 0.1) is 0 Å². The van der Waals surface area contributed by atoms with Crippen molar-refractivity contribution in [3.63, 3.8) is 0 Å². The Hall–Kier alpha value is -4.29. The Morgan fingerprint density at radius 1 is 0.857 bits per heavy atom. The van der Waals surface area contributed by atoms with E-state index in [1.54, 1.807) is 18.9 Å². The van der Waals surface area contributed by atoms with Crippen molar-refractivity contribution >= 4 is 23.5 Å². The van der Waals surface area contributed by atoms with Crippen molar-refractivity contribution in [1.29, 1.82) is 0 Å². The van der Waals surface area contributed by atoms with Gasteiger partial charge < -0.3 is 21.7 Å². The van der Waals surface area contributed by atoms with Gasteiger partial charge in [0.15, 0.2) is 0 Å². The zero-order valence-corrected chi connectivity index (χ0v) is 25.3. The van der Waals surface area contributed by atoms with E-state index in [1.807, 2.05) is 28.6 Å².